The number of hydrogen-bond donors (Lipinski definition) is 3. The number of anilines is 2. The molecule has 0 spiro atoms. The summed E-state index contributed by atoms with van der Waals surface area (Å²) in [5.74, 6) is -0.534. The fourth-order valence-corrected chi connectivity index (χ4v) is 4.54. The molecule has 1 aliphatic rings. The van der Waals surface area contributed by atoms with E-state index < -0.39 is 10.0 Å². The van der Waals surface area contributed by atoms with Gasteiger partial charge < -0.3 is 10.6 Å². The van der Waals surface area contributed by atoms with E-state index in [-0.39, 0.29) is 34.4 Å². The molecule has 0 saturated heterocycles. The zero-order chi connectivity index (χ0) is 21.8. The van der Waals surface area contributed by atoms with Gasteiger partial charge in [-0.15, -0.1) is 0 Å². The van der Waals surface area contributed by atoms with Gasteiger partial charge in [0.25, 0.3) is 15.9 Å². The molecule has 3 N–H and O–H groups in total. The summed E-state index contributed by atoms with van der Waals surface area (Å²) in [5, 5.41) is 5.51. The summed E-state index contributed by atoms with van der Waals surface area (Å²) in [6.07, 6.45) is 0.807. The van der Waals surface area contributed by atoms with Crippen molar-refractivity contribution < 1.29 is 18.0 Å². The monoisotopic (exact) mass is 435 g/mol. The van der Waals surface area contributed by atoms with Gasteiger partial charge in [-0.2, -0.15) is 0 Å². The SMILES string of the molecule is O=C1Cc2cc(S(=O)(=O)Nc3ccccc3C(=O)NCCc3ccccc3)ccc2N1. The van der Waals surface area contributed by atoms with Crippen molar-refractivity contribution in [1.29, 1.82) is 0 Å². The number of nitrogens with one attached hydrogen (secondary N) is 3. The van der Waals surface area contributed by atoms with Gasteiger partial charge in [-0.3, -0.25) is 14.3 Å². The highest BCUT2D eigenvalue weighted by Crippen LogP contribution is 2.27. The van der Waals surface area contributed by atoms with Crippen molar-refractivity contribution in [2.75, 3.05) is 16.6 Å². The van der Waals surface area contributed by atoms with Crippen LogP contribution in [0.1, 0.15) is 21.5 Å². The number of sulfonamides is 1. The molecule has 0 unspecified atom stereocenters. The van der Waals surface area contributed by atoms with E-state index >= 15 is 0 Å². The molecular formula is C23H21N3O4S. The molecule has 0 saturated carbocycles. The second-order valence-electron chi connectivity index (χ2n) is 7.19. The van der Waals surface area contributed by atoms with Crippen LogP contribution in [0.3, 0.4) is 0 Å². The largest absolute Gasteiger partial charge is 0.352 e. The lowest BCUT2D eigenvalue weighted by atomic mass is 10.1. The molecule has 1 heterocycles. The molecule has 0 bridgehead atoms. The van der Waals surface area contributed by atoms with Gasteiger partial charge in [0.05, 0.1) is 22.6 Å². The topological polar surface area (TPSA) is 104 Å². The third-order valence-corrected chi connectivity index (χ3v) is 6.33. The van der Waals surface area contributed by atoms with Crippen molar-refractivity contribution in [3.05, 3.63) is 89.5 Å². The molecule has 2 amide bonds. The van der Waals surface area contributed by atoms with Crippen LogP contribution in [0.4, 0.5) is 11.4 Å². The van der Waals surface area contributed by atoms with Gasteiger partial charge in [0.15, 0.2) is 0 Å². The fraction of sp³-hybridized carbons (Fsp3) is 0.130. The van der Waals surface area contributed by atoms with Crippen LogP contribution >= 0.6 is 0 Å². The van der Waals surface area contributed by atoms with Crippen LogP contribution in [-0.2, 0) is 27.7 Å². The lowest BCUT2D eigenvalue weighted by molar-refractivity contribution is -0.115. The van der Waals surface area contributed by atoms with E-state index in [0.717, 1.165) is 5.56 Å². The Morgan fingerprint density at radius 2 is 1.71 bits per heavy atom. The van der Waals surface area contributed by atoms with E-state index in [1.165, 1.54) is 12.1 Å². The first-order chi connectivity index (χ1) is 14.9. The maximum Gasteiger partial charge on any atom is 0.261 e. The number of benzene rings is 3. The minimum Gasteiger partial charge on any atom is -0.352 e. The van der Waals surface area contributed by atoms with Crippen molar-refractivity contribution in [2.45, 2.75) is 17.7 Å². The summed E-state index contributed by atoms with van der Waals surface area (Å²) in [7, 11) is -3.94. The fourth-order valence-electron chi connectivity index (χ4n) is 3.41. The summed E-state index contributed by atoms with van der Waals surface area (Å²) < 4.78 is 28.3. The molecule has 0 atom stereocenters. The quantitative estimate of drug-likeness (QED) is 0.531. The molecule has 0 fully saturated rings. The average molecular weight is 436 g/mol. The van der Waals surface area contributed by atoms with E-state index in [9.17, 15) is 18.0 Å². The Bertz CT molecular complexity index is 1240. The van der Waals surface area contributed by atoms with Crippen LogP contribution in [-0.4, -0.2) is 26.8 Å². The van der Waals surface area contributed by atoms with Gasteiger partial charge in [-0.05, 0) is 47.9 Å². The van der Waals surface area contributed by atoms with Gasteiger partial charge in [-0.1, -0.05) is 42.5 Å². The number of hydrogen-bond acceptors (Lipinski definition) is 4. The van der Waals surface area contributed by atoms with Gasteiger partial charge in [0.1, 0.15) is 0 Å². The van der Waals surface area contributed by atoms with Crippen molar-refractivity contribution in [2.24, 2.45) is 0 Å². The van der Waals surface area contributed by atoms with Gasteiger partial charge in [0.2, 0.25) is 5.91 Å². The van der Waals surface area contributed by atoms with Gasteiger partial charge in [-0.25, -0.2) is 8.42 Å². The maximum absolute atomic E-state index is 12.9. The van der Waals surface area contributed by atoms with Crippen LogP contribution in [0.2, 0.25) is 0 Å². The smallest absolute Gasteiger partial charge is 0.261 e. The zero-order valence-corrected chi connectivity index (χ0v) is 17.4. The molecule has 7 nitrogen and oxygen atoms in total. The average Bonchev–Trinajstić information content (AvgIpc) is 3.14. The third kappa shape index (κ3) is 4.75. The number of carbonyl (C=O) groups is 2. The van der Waals surface area contributed by atoms with Gasteiger partial charge in [0, 0.05) is 12.2 Å². The standard InChI is InChI=1S/C23H21N3O4S/c27-22-15-17-14-18(10-11-20(17)25-22)31(29,30)26-21-9-5-4-8-19(21)23(28)24-13-12-16-6-2-1-3-7-16/h1-11,14,26H,12-13,15H2,(H,24,28)(H,25,27). The van der Waals surface area contributed by atoms with Crippen LogP contribution in [0.5, 0.6) is 0 Å². The van der Waals surface area contributed by atoms with Crippen LogP contribution in [0.15, 0.2) is 77.7 Å². The van der Waals surface area contributed by atoms with E-state index in [1.807, 2.05) is 30.3 Å². The highest BCUT2D eigenvalue weighted by atomic mass is 32.2. The second kappa shape index (κ2) is 8.61. The first-order valence-electron chi connectivity index (χ1n) is 9.79. The van der Waals surface area contributed by atoms with Crippen LogP contribution < -0.4 is 15.4 Å². The van der Waals surface area contributed by atoms with E-state index in [4.69, 9.17) is 0 Å². The third-order valence-electron chi connectivity index (χ3n) is 4.97. The van der Waals surface area contributed by atoms with Crippen LogP contribution in [0, 0.1) is 0 Å². The Morgan fingerprint density at radius 1 is 0.968 bits per heavy atom. The summed E-state index contributed by atoms with van der Waals surface area (Å²) in [4.78, 5) is 24.2. The van der Waals surface area contributed by atoms with Crippen molar-refractivity contribution in [3.8, 4) is 0 Å². The Hall–Kier alpha value is -3.65. The van der Waals surface area contributed by atoms with E-state index in [0.29, 0.717) is 24.2 Å². The molecule has 4 rings (SSSR count). The minimum absolute atomic E-state index is 0.0297. The van der Waals surface area contributed by atoms with E-state index in [2.05, 4.69) is 15.4 Å². The summed E-state index contributed by atoms with van der Waals surface area (Å²) in [5.41, 5.74) is 2.76. The molecule has 3 aromatic rings. The number of carbonyl (C=O) groups excluding carboxylic acids is 2. The highest BCUT2D eigenvalue weighted by molar-refractivity contribution is 7.92. The lowest BCUT2D eigenvalue weighted by Gasteiger charge is -2.13. The first-order valence-corrected chi connectivity index (χ1v) is 11.3. The minimum atomic E-state index is -3.94. The molecule has 3 aromatic carbocycles. The van der Waals surface area contributed by atoms with E-state index in [1.54, 1.807) is 30.3 Å². The van der Waals surface area contributed by atoms with Gasteiger partial charge >= 0.3 is 0 Å². The Labute approximate surface area is 180 Å². The molecule has 8 heteroatoms. The summed E-state index contributed by atoms with van der Waals surface area (Å²) in [6.45, 7) is 0.426. The Morgan fingerprint density at radius 3 is 2.52 bits per heavy atom. The molecular weight excluding hydrogens is 414 g/mol. The number of rotatable bonds is 7. The van der Waals surface area contributed by atoms with Crippen molar-refractivity contribution in [1.82, 2.24) is 5.32 Å². The Kier molecular flexibility index (Phi) is 5.73. The zero-order valence-electron chi connectivity index (χ0n) is 16.6. The molecule has 0 aliphatic carbocycles. The molecule has 0 aromatic heterocycles. The molecule has 31 heavy (non-hydrogen) atoms. The highest BCUT2D eigenvalue weighted by Gasteiger charge is 2.23. The maximum atomic E-state index is 12.9. The van der Waals surface area contributed by atoms with Crippen LogP contribution in [0.25, 0.3) is 0 Å². The number of para-hydroxylation sites is 1. The predicted octanol–water partition coefficient (Wildman–Crippen LogP) is 2.95. The molecule has 1 aliphatic heterocycles. The normalized spacial score (nSPS) is 12.7. The number of amides is 2. The first kappa shape index (κ1) is 20.6. The number of fused-ring (bicyclic) bond motifs is 1. The predicted molar refractivity (Wildman–Crippen MR) is 119 cm³/mol. The van der Waals surface area contributed by atoms with Crippen molar-refractivity contribution in [3.63, 3.8) is 0 Å². The lowest BCUT2D eigenvalue weighted by Crippen LogP contribution is -2.27. The Balaban J connectivity index is 1.48. The summed E-state index contributed by atoms with van der Waals surface area (Å²) in [6, 6.07) is 20.7. The molecule has 0 radical (unpaired) electrons. The molecule has 158 valence electrons. The van der Waals surface area contributed by atoms with Crippen molar-refractivity contribution >= 4 is 33.2 Å². The second-order valence-corrected chi connectivity index (χ2v) is 8.87. The summed E-state index contributed by atoms with van der Waals surface area (Å²) >= 11 is 0.